The molecule has 2 aromatic carbocycles. The summed E-state index contributed by atoms with van der Waals surface area (Å²) in [6, 6.07) is 17.5. The summed E-state index contributed by atoms with van der Waals surface area (Å²) in [5, 5.41) is 0. The quantitative estimate of drug-likeness (QED) is 0.847. The molecule has 2 aromatic rings. The first-order valence-electron chi connectivity index (χ1n) is 8.75. The average molecular weight is 320 g/mol. The lowest BCUT2D eigenvalue weighted by molar-refractivity contribution is -0.132. The zero-order chi connectivity index (χ0) is 16.7. The smallest absolute Gasteiger partial charge is 0.220 e. The first kappa shape index (κ1) is 15.4. The maximum absolute atomic E-state index is 12.2. The average Bonchev–Trinajstić information content (AvgIpc) is 2.99. The Hall–Kier alpha value is -2.13. The molecule has 3 nitrogen and oxygen atoms in total. The number of nitrogens with zero attached hydrogens (tertiary/aromatic N) is 2. The van der Waals surface area contributed by atoms with E-state index in [4.69, 9.17) is 0 Å². The third-order valence-electron chi connectivity index (χ3n) is 5.59. The molecule has 0 unspecified atom stereocenters. The molecule has 1 saturated heterocycles. The molecule has 1 amide bonds. The summed E-state index contributed by atoms with van der Waals surface area (Å²) in [4.78, 5) is 16.8. The number of hydrogen-bond acceptors (Lipinski definition) is 2. The van der Waals surface area contributed by atoms with Crippen molar-refractivity contribution in [1.82, 2.24) is 9.80 Å². The minimum atomic E-state index is 0.195. The summed E-state index contributed by atoms with van der Waals surface area (Å²) in [6.45, 7) is 7.58. The predicted octanol–water partition coefficient (Wildman–Crippen LogP) is 3.33. The molecule has 2 atom stereocenters. The lowest BCUT2D eigenvalue weighted by Gasteiger charge is -2.38. The predicted molar refractivity (Wildman–Crippen MR) is 95.7 cm³/mol. The number of benzene rings is 2. The monoisotopic (exact) mass is 320 g/mol. The van der Waals surface area contributed by atoms with Gasteiger partial charge < -0.3 is 4.90 Å². The normalized spacial score (nSPS) is 23.0. The molecule has 2 heterocycles. The van der Waals surface area contributed by atoms with Crippen LogP contribution < -0.4 is 0 Å². The fourth-order valence-electron chi connectivity index (χ4n) is 4.38. The van der Waals surface area contributed by atoms with E-state index in [1.165, 1.54) is 22.3 Å². The lowest BCUT2D eigenvalue weighted by Crippen LogP contribution is -2.46. The van der Waals surface area contributed by atoms with Gasteiger partial charge in [0, 0.05) is 39.0 Å². The fourth-order valence-corrected chi connectivity index (χ4v) is 4.38. The van der Waals surface area contributed by atoms with Crippen molar-refractivity contribution in [2.45, 2.75) is 38.9 Å². The van der Waals surface area contributed by atoms with Crippen molar-refractivity contribution >= 4 is 5.91 Å². The maximum Gasteiger partial charge on any atom is 0.220 e. The number of carbonyl (C=O) groups is 1. The Morgan fingerprint density at radius 1 is 1.08 bits per heavy atom. The second kappa shape index (κ2) is 6.06. The van der Waals surface area contributed by atoms with Gasteiger partial charge in [-0.1, -0.05) is 48.5 Å². The van der Waals surface area contributed by atoms with E-state index in [0.29, 0.717) is 12.0 Å². The molecule has 2 aliphatic heterocycles. The minimum absolute atomic E-state index is 0.195. The Bertz CT molecular complexity index is 756. The van der Waals surface area contributed by atoms with Crippen LogP contribution >= 0.6 is 0 Å². The van der Waals surface area contributed by atoms with Crippen LogP contribution in [-0.2, 0) is 17.9 Å². The van der Waals surface area contributed by atoms with E-state index >= 15 is 0 Å². The Labute approximate surface area is 143 Å². The molecule has 3 heteroatoms. The van der Waals surface area contributed by atoms with Gasteiger partial charge in [-0.25, -0.2) is 0 Å². The van der Waals surface area contributed by atoms with Gasteiger partial charge in [-0.3, -0.25) is 9.69 Å². The zero-order valence-corrected chi connectivity index (χ0v) is 14.4. The number of aryl methyl sites for hydroxylation is 1. The molecule has 24 heavy (non-hydrogen) atoms. The van der Waals surface area contributed by atoms with E-state index < -0.39 is 0 Å². The Balaban J connectivity index is 1.64. The summed E-state index contributed by atoms with van der Waals surface area (Å²) in [5.41, 5.74) is 5.46. The van der Waals surface area contributed by atoms with E-state index in [2.05, 4.69) is 65.3 Å². The van der Waals surface area contributed by atoms with Gasteiger partial charge in [0.15, 0.2) is 0 Å². The summed E-state index contributed by atoms with van der Waals surface area (Å²) in [5.74, 6) is 0.627. The van der Waals surface area contributed by atoms with Crippen molar-refractivity contribution in [2.24, 2.45) is 0 Å². The van der Waals surface area contributed by atoms with E-state index in [9.17, 15) is 4.79 Å². The number of amides is 1. The molecule has 0 N–H and O–H groups in total. The standard InChI is InChI=1S/C21H24N2O/c1-15-7-6-10-18-19(15)13-23(16(2)24)21-14-22(12-20(18)21)11-17-8-4-3-5-9-17/h3-10,20-21H,11-14H2,1-2H3/t20-,21+/m0/s1. The Morgan fingerprint density at radius 2 is 1.88 bits per heavy atom. The minimum Gasteiger partial charge on any atom is -0.334 e. The van der Waals surface area contributed by atoms with Gasteiger partial charge in [0.2, 0.25) is 5.91 Å². The van der Waals surface area contributed by atoms with E-state index in [1.54, 1.807) is 6.92 Å². The van der Waals surface area contributed by atoms with Crippen molar-refractivity contribution in [3.8, 4) is 0 Å². The maximum atomic E-state index is 12.2. The second-order valence-corrected chi connectivity index (χ2v) is 7.14. The molecule has 0 aromatic heterocycles. The highest BCUT2D eigenvalue weighted by Gasteiger charge is 2.42. The number of carbonyl (C=O) groups excluding carboxylic acids is 1. The van der Waals surface area contributed by atoms with Gasteiger partial charge in [-0.15, -0.1) is 0 Å². The van der Waals surface area contributed by atoms with Crippen molar-refractivity contribution in [3.63, 3.8) is 0 Å². The summed E-state index contributed by atoms with van der Waals surface area (Å²) >= 11 is 0. The van der Waals surface area contributed by atoms with E-state index in [0.717, 1.165) is 26.2 Å². The summed E-state index contributed by atoms with van der Waals surface area (Å²) < 4.78 is 0. The van der Waals surface area contributed by atoms with Gasteiger partial charge in [0.05, 0.1) is 6.04 Å². The van der Waals surface area contributed by atoms with Crippen LogP contribution in [-0.4, -0.2) is 34.8 Å². The number of rotatable bonds is 2. The fraction of sp³-hybridized carbons (Fsp3) is 0.381. The Morgan fingerprint density at radius 3 is 2.62 bits per heavy atom. The van der Waals surface area contributed by atoms with Crippen LogP contribution in [0, 0.1) is 6.92 Å². The van der Waals surface area contributed by atoms with Crippen LogP contribution in [0.1, 0.15) is 35.1 Å². The highest BCUT2D eigenvalue weighted by atomic mass is 16.2. The summed E-state index contributed by atoms with van der Waals surface area (Å²) in [6.07, 6.45) is 0. The molecule has 0 spiro atoms. The topological polar surface area (TPSA) is 23.6 Å². The number of hydrogen-bond donors (Lipinski definition) is 0. The molecular formula is C21H24N2O. The molecule has 124 valence electrons. The van der Waals surface area contributed by atoms with Gasteiger partial charge >= 0.3 is 0 Å². The van der Waals surface area contributed by atoms with Gasteiger partial charge in [-0.05, 0) is 29.2 Å². The third-order valence-corrected chi connectivity index (χ3v) is 5.59. The van der Waals surface area contributed by atoms with Gasteiger partial charge in [0.1, 0.15) is 0 Å². The molecule has 0 aliphatic carbocycles. The van der Waals surface area contributed by atoms with Gasteiger partial charge in [-0.2, -0.15) is 0 Å². The van der Waals surface area contributed by atoms with Crippen LogP contribution in [0.3, 0.4) is 0 Å². The highest BCUT2D eigenvalue weighted by molar-refractivity contribution is 5.74. The largest absolute Gasteiger partial charge is 0.334 e. The first-order chi connectivity index (χ1) is 11.6. The first-order valence-corrected chi connectivity index (χ1v) is 8.75. The van der Waals surface area contributed by atoms with Crippen molar-refractivity contribution in [3.05, 3.63) is 70.8 Å². The molecule has 4 rings (SSSR count). The summed E-state index contributed by atoms with van der Waals surface area (Å²) in [7, 11) is 0. The lowest BCUT2D eigenvalue weighted by atomic mass is 9.83. The molecule has 0 radical (unpaired) electrons. The number of fused-ring (bicyclic) bond motifs is 3. The highest BCUT2D eigenvalue weighted by Crippen LogP contribution is 2.39. The van der Waals surface area contributed by atoms with Crippen LogP contribution in [0.5, 0.6) is 0 Å². The SMILES string of the molecule is CC(=O)N1Cc2c(C)cccc2[C@@H]2CN(Cc3ccccc3)C[C@H]21. The number of likely N-dealkylation sites (tertiary alicyclic amines) is 1. The van der Waals surface area contributed by atoms with E-state index in [1.807, 2.05) is 0 Å². The van der Waals surface area contributed by atoms with Gasteiger partial charge in [0.25, 0.3) is 0 Å². The molecule has 2 aliphatic rings. The molecule has 0 bridgehead atoms. The van der Waals surface area contributed by atoms with Crippen LogP contribution in [0.25, 0.3) is 0 Å². The molecule has 1 fully saturated rings. The molecular weight excluding hydrogens is 296 g/mol. The van der Waals surface area contributed by atoms with Crippen LogP contribution in [0.15, 0.2) is 48.5 Å². The van der Waals surface area contributed by atoms with Crippen molar-refractivity contribution < 1.29 is 4.79 Å². The van der Waals surface area contributed by atoms with Crippen molar-refractivity contribution in [1.29, 1.82) is 0 Å². The van der Waals surface area contributed by atoms with Crippen molar-refractivity contribution in [2.75, 3.05) is 13.1 Å². The van der Waals surface area contributed by atoms with Crippen LogP contribution in [0.2, 0.25) is 0 Å². The zero-order valence-electron chi connectivity index (χ0n) is 14.4. The van der Waals surface area contributed by atoms with Crippen LogP contribution in [0.4, 0.5) is 0 Å². The van der Waals surface area contributed by atoms with E-state index in [-0.39, 0.29) is 5.91 Å². The Kier molecular flexibility index (Phi) is 3.89. The molecule has 0 saturated carbocycles. The third kappa shape index (κ3) is 2.63. The second-order valence-electron chi connectivity index (χ2n) is 7.14.